The molecule has 0 aromatic carbocycles. The van der Waals surface area contributed by atoms with Gasteiger partial charge < -0.3 is 14.9 Å². The van der Waals surface area contributed by atoms with E-state index in [9.17, 15) is 0 Å². The molecule has 0 saturated carbocycles. The first kappa shape index (κ1) is 13.2. The monoisotopic (exact) mass is 232 g/mol. The Bertz CT molecular complexity index is 141. The molecule has 0 aromatic heterocycles. The molecular formula is C11H24O3Si. The lowest BCUT2D eigenvalue weighted by Crippen LogP contribution is -2.36. The van der Waals surface area contributed by atoms with E-state index in [1.165, 1.54) is 31.4 Å². The van der Waals surface area contributed by atoms with E-state index in [4.69, 9.17) is 14.9 Å². The van der Waals surface area contributed by atoms with Crippen molar-refractivity contribution in [1.82, 2.24) is 0 Å². The molecule has 1 aliphatic rings. The highest BCUT2D eigenvalue weighted by Crippen LogP contribution is 2.21. The molecule has 1 atom stereocenters. The minimum atomic E-state index is -0.893. The molecule has 1 aliphatic heterocycles. The first-order valence-electron chi connectivity index (χ1n) is 6.21. The van der Waals surface area contributed by atoms with E-state index in [1.807, 2.05) is 0 Å². The van der Waals surface area contributed by atoms with Crippen molar-refractivity contribution in [2.45, 2.75) is 49.9 Å². The van der Waals surface area contributed by atoms with Crippen molar-refractivity contribution in [3.05, 3.63) is 0 Å². The van der Waals surface area contributed by atoms with E-state index in [2.05, 4.69) is 0 Å². The first-order chi connectivity index (χ1) is 7.38. The molecule has 1 heterocycles. The van der Waals surface area contributed by atoms with Gasteiger partial charge in [-0.25, -0.2) is 0 Å². The van der Waals surface area contributed by atoms with E-state index in [1.54, 1.807) is 0 Å². The maximum atomic E-state index is 8.87. The quantitative estimate of drug-likeness (QED) is 0.646. The summed E-state index contributed by atoms with van der Waals surface area (Å²) in [5.41, 5.74) is 0.511. The highest BCUT2D eigenvalue weighted by Gasteiger charge is 2.24. The summed E-state index contributed by atoms with van der Waals surface area (Å²) >= 11 is 0. The van der Waals surface area contributed by atoms with Gasteiger partial charge in [-0.1, -0.05) is 12.1 Å². The number of aliphatic hydroxyl groups excluding tert-OH is 2. The predicted octanol–water partition coefficient (Wildman–Crippen LogP) is 1.09. The average Bonchev–Trinajstić information content (AvgIpc) is 2.30. The van der Waals surface area contributed by atoms with Crippen LogP contribution in [0.1, 0.15) is 32.1 Å². The molecule has 0 aromatic rings. The third-order valence-corrected chi connectivity index (χ3v) is 7.08. The zero-order chi connectivity index (χ0) is 10.9. The Morgan fingerprint density at radius 1 is 1.07 bits per heavy atom. The minimum Gasteiger partial charge on any atom is -0.396 e. The van der Waals surface area contributed by atoms with Crippen molar-refractivity contribution in [3.63, 3.8) is 0 Å². The highest BCUT2D eigenvalue weighted by molar-refractivity contribution is 6.60. The van der Waals surface area contributed by atoms with E-state index < -0.39 is 8.80 Å². The summed E-state index contributed by atoms with van der Waals surface area (Å²) in [5, 5.41) is 17.7. The second kappa shape index (κ2) is 8.27. The van der Waals surface area contributed by atoms with Crippen LogP contribution in [0.15, 0.2) is 0 Å². The van der Waals surface area contributed by atoms with Gasteiger partial charge in [0.05, 0.1) is 8.80 Å². The van der Waals surface area contributed by atoms with Crippen LogP contribution in [0.25, 0.3) is 0 Å². The minimum absolute atomic E-state index is 0.301. The molecular weight excluding hydrogens is 208 g/mol. The van der Waals surface area contributed by atoms with Crippen molar-refractivity contribution < 1.29 is 14.9 Å². The molecule has 1 saturated heterocycles. The lowest BCUT2D eigenvalue weighted by atomic mass is 10.2. The number of hydrogen-bond donors (Lipinski definition) is 2. The van der Waals surface area contributed by atoms with Crippen LogP contribution in [0, 0.1) is 0 Å². The second-order valence-corrected chi connectivity index (χ2v) is 7.82. The van der Waals surface area contributed by atoms with Crippen molar-refractivity contribution in [3.8, 4) is 0 Å². The Morgan fingerprint density at radius 3 is 2.20 bits per heavy atom. The third kappa shape index (κ3) is 5.11. The van der Waals surface area contributed by atoms with Crippen molar-refractivity contribution in [1.29, 1.82) is 0 Å². The van der Waals surface area contributed by atoms with Crippen LogP contribution in [-0.4, -0.2) is 44.6 Å². The van der Waals surface area contributed by atoms with Crippen LogP contribution in [0.3, 0.4) is 0 Å². The molecule has 1 rings (SSSR count). The van der Waals surface area contributed by atoms with Crippen molar-refractivity contribution in [2.75, 3.05) is 19.8 Å². The number of rotatable bonds is 7. The van der Waals surface area contributed by atoms with Gasteiger partial charge in [-0.2, -0.15) is 0 Å². The van der Waals surface area contributed by atoms with Crippen molar-refractivity contribution >= 4 is 8.80 Å². The molecule has 3 nitrogen and oxygen atoms in total. The van der Waals surface area contributed by atoms with Crippen LogP contribution < -0.4 is 0 Å². The molecule has 0 spiro atoms. The summed E-state index contributed by atoms with van der Waals surface area (Å²) in [5.74, 6) is 0. The molecule has 1 unspecified atom stereocenters. The number of ether oxygens (including phenoxy) is 1. The summed E-state index contributed by atoms with van der Waals surface area (Å²) in [6.45, 7) is 1.52. The fourth-order valence-corrected chi connectivity index (χ4v) is 5.92. The lowest BCUT2D eigenvalue weighted by Gasteiger charge is -2.29. The summed E-state index contributed by atoms with van der Waals surface area (Å²) in [6, 6.07) is 2.34. The molecule has 4 heteroatoms. The molecule has 90 valence electrons. The zero-order valence-electron chi connectivity index (χ0n) is 9.53. The van der Waals surface area contributed by atoms with Crippen molar-refractivity contribution in [2.24, 2.45) is 0 Å². The van der Waals surface area contributed by atoms with E-state index in [-0.39, 0.29) is 0 Å². The molecule has 1 fully saturated rings. The van der Waals surface area contributed by atoms with Gasteiger partial charge in [0.15, 0.2) is 0 Å². The maximum absolute atomic E-state index is 8.87. The highest BCUT2D eigenvalue weighted by atomic mass is 28.3. The molecule has 0 bridgehead atoms. The van der Waals surface area contributed by atoms with Gasteiger partial charge in [0.1, 0.15) is 0 Å². The van der Waals surface area contributed by atoms with Gasteiger partial charge in [-0.05, 0) is 32.1 Å². The topological polar surface area (TPSA) is 49.7 Å². The SMILES string of the molecule is OCCC[SiH](CCCO)C1CCCCO1. The Kier molecular flexibility index (Phi) is 7.26. The fourth-order valence-electron chi connectivity index (χ4n) is 2.36. The smallest absolute Gasteiger partial charge is 0.0718 e. The largest absolute Gasteiger partial charge is 0.396 e. The van der Waals surface area contributed by atoms with Crippen LogP contribution in [0.4, 0.5) is 0 Å². The van der Waals surface area contributed by atoms with Gasteiger partial charge in [-0.3, -0.25) is 0 Å². The molecule has 0 radical (unpaired) electrons. The van der Waals surface area contributed by atoms with Crippen LogP contribution in [0.2, 0.25) is 12.1 Å². The normalized spacial score (nSPS) is 22.2. The summed E-state index contributed by atoms with van der Waals surface area (Å²) in [6.07, 6.45) is 5.56. The summed E-state index contributed by atoms with van der Waals surface area (Å²) in [4.78, 5) is 0. The summed E-state index contributed by atoms with van der Waals surface area (Å²) < 4.78 is 5.83. The summed E-state index contributed by atoms with van der Waals surface area (Å²) in [7, 11) is -0.893. The van der Waals surface area contributed by atoms with Crippen LogP contribution in [-0.2, 0) is 4.74 Å². The van der Waals surface area contributed by atoms with Gasteiger partial charge in [0, 0.05) is 25.5 Å². The number of aliphatic hydroxyl groups is 2. The molecule has 0 aliphatic carbocycles. The second-order valence-electron chi connectivity index (χ2n) is 4.40. The van der Waals surface area contributed by atoms with Crippen LogP contribution in [0.5, 0.6) is 0 Å². The van der Waals surface area contributed by atoms with E-state index >= 15 is 0 Å². The predicted molar refractivity (Wildman–Crippen MR) is 63.8 cm³/mol. The first-order valence-corrected chi connectivity index (χ1v) is 8.51. The van der Waals surface area contributed by atoms with Gasteiger partial charge in [0.25, 0.3) is 0 Å². The zero-order valence-corrected chi connectivity index (χ0v) is 10.7. The Labute approximate surface area is 94.1 Å². The Hall–Kier alpha value is 0.0969. The molecule has 0 amide bonds. The standard InChI is InChI=1S/C11H24O3Si/c12-6-3-9-15(10-4-7-13)11-5-1-2-8-14-11/h11-13,15H,1-10H2. The fraction of sp³-hybridized carbons (Fsp3) is 1.00. The van der Waals surface area contributed by atoms with Crippen LogP contribution >= 0.6 is 0 Å². The Morgan fingerprint density at radius 2 is 1.73 bits per heavy atom. The van der Waals surface area contributed by atoms with Gasteiger partial charge in [0.2, 0.25) is 0 Å². The Balaban J connectivity index is 2.30. The lowest BCUT2D eigenvalue weighted by molar-refractivity contribution is 0.0617. The van der Waals surface area contributed by atoms with E-state index in [0.717, 1.165) is 19.4 Å². The molecule has 2 N–H and O–H groups in total. The van der Waals surface area contributed by atoms with Gasteiger partial charge >= 0.3 is 0 Å². The van der Waals surface area contributed by atoms with Gasteiger partial charge in [-0.15, -0.1) is 0 Å². The third-order valence-electron chi connectivity index (χ3n) is 3.21. The number of hydrogen-bond acceptors (Lipinski definition) is 3. The van der Waals surface area contributed by atoms with E-state index in [0.29, 0.717) is 18.9 Å². The molecule has 15 heavy (non-hydrogen) atoms. The average molecular weight is 232 g/mol. The maximum Gasteiger partial charge on any atom is 0.0718 e.